The van der Waals surface area contributed by atoms with Gasteiger partial charge in [-0.25, -0.2) is 0 Å². The molecule has 0 fully saturated rings. The van der Waals surface area contributed by atoms with Crippen LogP contribution < -0.4 is 11.1 Å². The number of benzene rings is 1. The second kappa shape index (κ2) is 7.25. The number of amides is 1. The van der Waals surface area contributed by atoms with Gasteiger partial charge in [0, 0.05) is 12.6 Å². The molecule has 112 valence electrons. The molecular weight excluding hydrogens is 273 g/mol. The van der Waals surface area contributed by atoms with Crippen molar-refractivity contribution in [3.8, 4) is 0 Å². The summed E-state index contributed by atoms with van der Waals surface area (Å²) >= 11 is 0. The minimum Gasteiger partial charge on any atom is -0.370 e. The third kappa shape index (κ3) is 5.58. The SMILES string of the molecule is CC(NCCOCC(N)=O)c1cccc(C(F)(F)F)c1. The average Bonchev–Trinajstić information content (AvgIpc) is 2.37. The Bertz CT molecular complexity index is 449. The van der Waals surface area contributed by atoms with Crippen molar-refractivity contribution in [1.82, 2.24) is 5.32 Å². The van der Waals surface area contributed by atoms with Crippen molar-refractivity contribution in [1.29, 1.82) is 0 Å². The van der Waals surface area contributed by atoms with E-state index in [1.54, 1.807) is 13.0 Å². The molecule has 0 spiro atoms. The van der Waals surface area contributed by atoms with E-state index in [0.717, 1.165) is 12.1 Å². The number of carbonyl (C=O) groups excluding carboxylic acids is 1. The number of ether oxygens (including phenoxy) is 1. The zero-order valence-electron chi connectivity index (χ0n) is 11.0. The van der Waals surface area contributed by atoms with Crippen LogP contribution in [0, 0.1) is 0 Å². The lowest BCUT2D eigenvalue weighted by Crippen LogP contribution is -2.26. The van der Waals surface area contributed by atoms with Crippen molar-refractivity contribution in [2.45, 2.75) is 19.1 Å². The number of primary amides is 1. The molecule has 1 aromatic carbocycles. The normalized spacial score (nSPS) is 13.2. The molecule has 0 saturated heterocycles. The maximum absolute atomic E-state index is 12.6. The smallest absolute Gasteiger partial charge is 0.370 e. The predicted octanol–water partition coefficient (Wildman–Crippen LogP) is 1.86. The first kappa shape index (κ1) is 16.5. The van der Waals surface area contributed by atoms with E-state index in [4.69, 9.17) is 10.5 Å². The molecule has 1 atom stereocenters. The molecule has 4 nitrogen and oxygen atoms in total. The van der Waals surface area contributed by atoms with E-state index < -0.39 is 17.6 Å². The fourth-order valence-corrected chi connectivity index (χ4v) is 1.62. The Kier molecular flexibility index (Phi) is 5.97. The van der Waals surface area contributed by atoms with Crippen molar-refractivity contribution in [3.63, 3.8) is 0 Å². The summed E-state index contributed by atoms with van der Waals surface area (Å²) in [5.41, 5.74) is 4.76. The van der Waals surface area contributed by atoms with Crippen molar-refractivity contribution in [2.75, 3.05) is 19.8 Å². The molecule has 7 heteroatoms. The molecule has 0 bridgehead atoms. The van der Waals surface area contributed by atoms with Crippen LogP contribution in [0.4, 0.5) is 13.2 Å². The molecule has 1 rings (SSSR count). The maximum Gasteiger partial charge on any atom is 0.416 e. The van der Waals surface area contributed by atoms with Crippen LogP contribution in [0.2, 0.25) is 0 Å². The summed E-state index contributed by atoms with van der Waals surface area (Å²) in [5, 5.41) is 3.01. The summed E-state index contributed by atoms with van der Waals surface area (Å²) in [6.07, 6.45) is -4.35. The van der Waals surface area contributed by atoms with E-state index in [1.807, 2.05) is 0 Å². The van der Waals surface area contributed by atoms with Gasteiger partial charge in [0.15, 0.2) is 0 Å². The minimum absolute atomic E-state index is 0.167. The van der Waals surface area contributed by atoms with E-state index in [2.05, 4.69) is 5.32 Å². The zero-order chi connectivity index (χ0) is 15.2. The van der Waals surface area contributed by atoms with Crippen LogP contribution >= 0.6 is 0 Å². The fraction of sp³-hybridized carbons (Fsp3) is 0.462. The largest absolute Gasteiger partial charge is 0.416 e. The second-order valence-corrected chi connectivity index (χ2v) is 4.32. The van der Waals surface area contributed by atoms with Gasteiger partial charge < -0.3 is 15.8 Å². The quantitative estimate of drug-likeness (QED) is 0.753. The molecule has 0 saturated carbocycles. The number of hydrogen-bond acceptors (Lipinski definition) is 3. The summed E-state index contributed by atoms with van der Waals surface area (Å²) in [7, 11) is 0. The van der Waals surface area contributed by atoms with Crippen LogP contribution in [0.5, 0.6) is 0 Å². The highest BCUT2D eigenvalue weighted by molar-refractivity contribution is 5.74. The Morgan fingerprint density at radius 2 is 2.15 bits per heavy atom. The molecule has 0 aliphatic heterocycles. The van der Waals surface area contributed by atoms with Gasteiger partial charge in [0.1, 0.15) is 6.61 Å². The molecule has 1 unspecified atom stereocenters. The van der Waals surface area contributed by atoms with Gasteiger partial charge >= 0.3 is 6.18 Å². The van der Waals surface area contributed by atoms with Crippen LogP contribution in [-0.2, 0) is 15.7 Å². The standard InChI is InChI=1S/C13H17F3N2O2/c1-9(18-5-6-20-8-12(17)19)10-3-2-4-11(7-10)13(14,15)16/h2-4,7,9,18H,5-6,8H2,1H3,(H2,17,19). The molecule has 0 aliphatic carbocycles. The lowest BCUT2D eigenvalue weighted by atomic mass is 10.0. The monoisotopic (exact) mass is 290 g/mol. The van der Waals surface area contributed by atoms with Crippen molar-refractivity contribution < 1.29 is 22.7 Å². The van der Waals surface area contributed by atoms with E-state index in [0.29, 0.717) is 12.1 Å². The van der Waals surface area contributed by atoms with E-state index >= 15 is 0 Å². The molecule has 1 aromatic rings. The number of rotatable bonds is 7. The van der Waals surface area contributed by atoms with E-state index in [1.165, 1.54) is 6.07 Å². The maximum atomic E-state index is 12.6. The fourth-order valence-electron chi connectivity index (χ4n) is 1.62. The first-order chi connectivity index (χ1) is 9.30. The summed E-state index contributed by atoms with van der Waals surface area (Å²) in [5.74, 6) is -0.559. The zero-order valence-corrected chi connectivity index (χ0v) is 11.0. The van der Waals surface area contributed by atoms with Gasteiger partial charge in [-0.15, -0.1) is 0 Å². The minimum atomic E-state index is -4.35. The number of nitrogens with two attached hydrogens (primary N) is 1. The summed E-state index contributed by atoms with van der Waals surface area (Å²) in [6.45, 7) is 2.25. The Hall–Kier alpha value is -1.60. The summed E-state index contributed by atoms with van der Waals surface area (Å²) < 4.78 is 42.7. The van der Waals surface area contributed by atoms with Gasteiger partial charge in [-0.05, 0) is 24.6 Å². The van der Waals surface area contributed by atoms with Gasteiger partial charge in [0.25, 0.3) is 0 Å². The highest BCUT2D eigenvalue weighted by Gasteiger charge is 2.30. The van der Waals surface area contributed by atoms with Crippen LogP contribution in [-0.4, -0.2) is 25.7 Å². The highest BCUT2D eigenvalue weighted by atomic mass is 19.4. The number of carbonyl (C=O) groups is 1. The third-order valence-electron chi connectivity index (χ3n) is 2.66. The molecular formula is C13H17F3N2O2. The average molecular weight is 290 g/mol. The topological polar surface area (TPSA) is 64.3 Å². The van der Waals surface area contributed by atoms with Crippen LogP contribution in [0.3, 0.4) is 0 Å². The molecule has 20 heavy (non-hydrogen) atoms. The van der Waals surface area contributed by atoms with Crippen molar-refractivity contribution in [3.05, 3.63) is 35.4 Å². The van der Waals surface area contributed by atoms with Gasteiger partial charge in [0.05, 0.1) is 12.2 Å². The Morgan fingerprint density at radius 1 is 1.45 bits per heavy atom. The predicted molar refractivity (Wildman–Crippen MR) is 67.9 cm³/mol. The number of alkyl halides is 3. The molecule has 1 amide bonds. The van der Waals surface area contributed by atoms with Gasteiger partial charge in [0.2, 0.25) is 5.91 Å². The van der Waals surface area contributed by atoms with E-state index in [-0.39, 0.29) is 19.3 Å². The molecule has 0 radical (unpaired) electrons. The number of hydrogen-bond donors (Lipinski definition) is 2. The van der Waals surface area contributed by atoms with Crippen molar-refractivity contribution in [2.24, 2.45) is 5.73 Å². The Morgan fingerprint density at radius 3 is 2.75 bits per heavy atom. The van der Waals surface area contributed by atoms with Crippen LogP contribution in [0.1, 0.15) is 24.1 Å². The Labute approximate surface area is 115 Å². The van der Waals surface area contributed by atoms with Gasteiger partial charge in [-0.3, -0.25) is 4.79 Å². The molecule has 0 aliphatic rings. The number of nitrogens with one attached hydrogen (secondary N) is 1. The summed E-state index contributed by atoms with van der Waals surface area (Å²) in [4.78, 5) is 10.4. The van der Waals surface area contributed by atoms with Crippen LogP contribution in [0.25, 0.3) is 0 Å². The van der Waals surface area contributed by atoms with Gasteiger partial charge in [-0.1, -0.05) is 12.1 Å². The third-order valence-corrected chi connectivity index (χ3v) is 2.66. The molecule has 0 aromatic heterocycles. The lowest BCUT2D eigenvalue weighted by Gasteiger charge is -2.16. The molecule has 3 N–H and O–H groups in total. The number of halogens is 3. The van der Waals surface area contributed by atoms with Crippen LogP contribution in [0.15, 0.2) is 24.3 Å². The first-order valence-electron chi connectivity index (χ1n) is 6.07. The second-order valence-electron chi connectivity index (χ2n) is 4.32. The van der Waals surface area contributed by atoms with E-state index in [9.17, 15) is 18.0 Å². The Balaban J connectivity index is 2.47. The van der Waals surface area contributed by atoms with Gasteiger partial charge in [-0.2, -0.15) is 13.2 Å². The highest BCUT2D eigenvalue weighted by Crippen LogP contribution is 2.30. The summed E-state index contributed by atoms with van der Waals surface area (Å²) in [6, 6.07) is 4.89. The first-order valence-corrected chi connectivity index (χ1v) is 6.07. The lowest BCUT2D eigenvalue weighted by molar-refractivity contribution is -0.137. The molecule has 0 heterocycles. The van der Waals surface area contributed by atoms with Crippen molar-refractivity contribution >= 4 is 5.91 Å².